The van der Waals surface area contributed by atoms with Gasteiger partial charge < -0.3 is 20.9 Å². The van der Waals surface area contributed by atoms with Gasteiger partial charge in [0.25, 0.3) is 5.92 Å². The minimum atomic E-state index is -5.36. The van der Waals surface area contributed by atoms with E-state index in [2.05, 4.69) is 10.6 Å². The average molecular weight is 633 g/mol. The third-order valence-electron chi connectivity index (χ3n) is 7.82. The smallest absolute Gasteiger partial charge is 0.356 e. The van der Waals surface area contributed by atoms with Crippen molar-refractivity contribution >= 4 is 33.5 Å². The molecule has 10 nitrogen and oxygen atoms in total. The van der Waals surface area contributed by atoms with Crippen LogP contribution in [0.3, 0.4) is 0 Å². The Morgan fingerprint density at radius 1 is 1.12 bits per heavy atom. The number of sulfone groups is 1. The zero-order valence-electron chi connectivity index (χ0n) is 23.4. The van der Waals surface area contributed by atoms with Gasteiger partial charge in [0.15, 0.2) is 0 Å². The maximum Gasteiger partial charge on any atom is 0.471 e. The van der Waals surface area contributed by atoms with Gasteiger partial charge in [-0.25, -0.2) is 17.2 Å². The van der Waals surface area contributed by atoms with E-state index in [0.717, 1.165) is 4.90 Å². The van der Waals surface area contributed by atoms with Crippen molar-refractivity contribution < 1.29 is 53.9 Å². The maximum atomic E-state index is 15.1. The Hall–Kier alpha value is -2.85. The van der Waals surface area contributed by atoms with Gasteiger partial charge in [0, 0.05) is 31.2 Å². The number of halogens is 6. The van der Waals surface area contributed by atoms with Gasteiger partial charge in [0.1, 0.15) is 12.1 Å². The van der Waals surface area contributed by atoms with Gasteiger partial charge in [0.2, 0.25) is 32.7 Å². The molecule has 1 saturated carbocycles. The van der Waals surface area contributed by atoms with Crippen LogP contribution in [0, 0.1) is 17.3 Å². The number of fused-ring (bicyclic) bond motifs is 3. The fraction of sp³-hybridized carbons (Fsp3) is 0.760. The molecule has 17 heteroatoms. The van der Waals surface area contributed by atoms with Crippen molar-refractivity contribution in [3.05, 3.63) is 11.2 Å². The molecule has 3 heterocycles. The lowest BCUT2D eigenvalue weighted by Crippen LogP contribution is -2.71. The van der Waals surface area contributed by atoms with Gasteiger partial charge in [-0.15, -0.1) is 0 Å². The molecule has 4 aliphatic rings. The highest BCUT2D eigenvalue weighted by Crippen LogP contribution is 2.49. The molecule has 0 spiro atoms. The molecule has 4 fully saturated rings. The van der Waals surface area contributed by atoms with E-state index in [1.165, 1.54) is 20.8 Å². The monoisotopic (exact) mass is 632 g/mol. The summed E-state index contributed by atoms with van der Waals surface area (Å²) in [6.45, 7) is 4.31. The lowest BCUT2D eigenvalue weighted by Gasteiger charge is -2.55. The van der Waals surface area contributed by atoms with Crippen molar-refractivity contribution in [2.45, 2.75) is 89.1 Å². The number of piperidine rings is 2. The fourth-order valence-electron chi connectivity index (χ4n) is 5.73. The van der Waals surface area contributed by atoms with E-state index < -0.39 is 98.6 Å². The van der Waals surface area contributed by atoms with Crippen molar-refractivity contribution in [3.8, 4) is 0 Å². The fourth-order valence-corrected chi connectivity index (χ4v) is 6.14. The number of carbonyl (C=O) groups is 4. The van der Waals surface area contributed by atoms with Gasteiger partial charge in [-0.05, 0) is 37.2 Å². The molecule has 2 bridgehead atoms. The lowest BCUT2D eigenvalue weighted by atomic mass is 9.70. The molecular formula is C25H34F6N4O6S. The van der Waals surface area contributed by atoms with Crippen LogP contribution in [0.1, 0.15) is 52.9 Å². The Morgan fingerprint density at radius 2 is 1.74 bits per heavy atom. The first kappa shape index (κ1) is 33.6. The molecule has 0 aromatic carbocycles. The molecule has 3 N–H and O–H groups in total. The summed E-state index contributed by atoms with van der Waals surface area (Å²) in [5.41, 5.74) is -1.35. The predicted octanol–water partition coefficient (Wildman–Crippen LogP) is 1.96. The highest BCUT2D eigenvalue weighted by atomic mass is 32.2. The topological polar surface area (TPSA) is 142 Å². The Kier molecular flexibility index (Phi) is 9.36. The Balaban J connectivity index is 2.00. The standard InChI is InChI=1S/C25H34F6N4O6S/c1-23(2,3)18(34-22(39)25(29,30)31)21(38)35-14-5-6-15(24(27,28)11-14)17(35)20(37)33-13(10-16(26)42(4,40)41)9-12-7-8-32-19(12)36/h10,12-15,17-18H,5-9,11H2,1-4H3,(H,32,36)(H,33,37)(H,34,39)/b16-10-/t12-,13-,14-,15-,17+,18+/m0/s1. The SMILES string of the molecule is CC(C)(C)[C@H](NC(=O)C(F)(F)F)C(=O)N1[C@H]2CC[C@@H]([C@@H]1C(=O)N[C@H](/C=C(/F)S(C)(=O)=O)C[C@@H]1CCNC1=O)C(F)(F)C2. The highest BCUT2D eigenvalue weighted by Gasteiger charge is 2.61. The molecule has 4 rings (SSSR count). The van der Waals surface area contributed by atoms with Crippen molar-refractivity contribution in [1.82, 2.24) is 20.9 Å². The van der Waals surface area contributed by atoms with Crippen LogP contribution < -0.4 is 16.0 Å². The van der Waals surface area contributed by atoms with E-state index in [-0.39, 0.29) is 32.2 Å². The summed E-state index contributed by atoms with van der Waals surface area (Å²) in [5, 5.41) is 4.81. The van der Waals surface area contributed by atoms with E-state index in [4.69, 9.17) is 0 Å². The summed E-state index contributed by atoms with van der Waals surface area (Å²) in [7, 11) is -4.38. The number of nitrogens with zero attached hydrogens (tertiary/aromatic N) is 1. The number of nitrogens with one attached hydrogen (secondary N) is 3. The molecule has 42 heavy (non-hydrogen) atoms. The molecule has 0 unspecified atom stereocenters. The highest BCUT2D eigenvalue weighted by molar-refractivity contribution is 7.94. The Morgan fingerprint density at radius 3 is 2.21 bits per heavy atom. The number of hydrogen-bond donors (Lipinski definition) is 3. The summed E-state index contributed by atoms with van der Waals surface area (Å²) >= 11 is 0. The quantitative estimate of drug-likeness (QED) is 0.350. The van der Waals surface area contributed by atoms with Crippen LogP contribution in [-0.4, -0.2) is 86.0 Å². The third kappa shape index (κ3) is 7.37. The number of amides is 4. The van der Waals surface area contributed by atoms with Crippen LogP contribution >= 0.6 is 0 Å². The molecule has 1 aliphatic carbocycles. The van der Waals surface area contributed by atoms with Gasteiger partial charge in [-0.2, -0.15) is 17.6 Å². The molecule has 4 amide bonds. The first-order chi connectivity index (χ1) is 19.0. The molecule has 0 radical (unpaired) electrons. The number of carbonyl (C=O) groups excluding carboxylic acids is 4. The molecule has 3 saturated heterocycles. The number of rotatable bonds is 8. The second-order valence-electron chi connectivity index (χ2n) is 12.1. The first-order valence-electron chi connectivity index (χ1n) is 13.3. The molecule has 0 aromatic heterocycles. The van der Waals surface area contributed by atoms with Crippen LogP contribution in [0.25, 0.3) is 0 Å². The van der Waals surface area contributed by atoms with Crippen molar-refractivity contribution in [2.24, 2.45) is 17.3 Å². The number of hydrogen-bond acceptors (Lipinski definition) is 6. The van der Waals surface area contributed by atoms with E-state index in [1.807, 2.05) is 0 Å². The van der Waals surface area contributed by atoms with Crippen molar-refractivity contribution in [3.63, 3.8) is 0 Å². The van der Waals surface area contributed by atoms with Crippen LogP contribution in [0.15, 0.2) is 11.2 Å². The summed E-state index contributed by atoms with van der Waals surface area (Å²) in [5.74, 6) is -11.3. The second-order valence-corrected chi connectivity index (χ2v) is 14.1. The van der Waals surface area contributed by atoms with Gasteiger partial charge in [-0.3, -0.25) is 19.2 Å². The molecule has 6 atom stereocenters. The Labute approximate surface area is 238 Å². The molecular weight excluding hydrogens is 598 g/mol. The zero-order chi connectivity index (χ0) is 32.0. The van der Waals surface area contributed by atoms with Gasteiger partial charge >= 0.3 is 12.1 Å². The van der Waals surface area contributed by atoms with Crippen LogP contribution in [0.2, 0.25) is 0 Å². The number of alkyl halides is 5. The van der Waals surface area contributed by atoms with Gasteiger partial charge in [-0.1, -0.05) is 20.8 Å². The Bertz CT molecular complexity index is 1250. The lowest BCUT2D eigenvalue weighted by molar-refractivity contribution is -0.197. The van der Waals surface area contributed by atoms with E-state index in [9.17, 15) is 45.2 Å². The van der Waals surface area contributed by atoms with Crippen LogP contribution in [-0.2, 0) is 29.0 Å². The van der Waals surface area contributed by atoms with Crippen molar-refractivity contribution in [2.75, 3.05) is 12.8 Å². The van der Waals surface area contributed by atoms with E-state index in [0.29, 0.717) is 12.3 Å². The molecule has 238 valence electrons. The average Bonchev–Trinajstić information content (AvgIpc) is 3.22. The minimum absolute atomic E-state index is 0.00808. The van der Waals surface area contributed by atoms with Crippen LogP contribution in [0.4, 0.5) is 26.3 Å². The minimum Gasteiger partial charge on any atom is -0.356 e. The van der Waals surface area contributed by atoms with E-state index in [1.54, 1.807) is 5.32 Å². The van der Waals surface area contributed by atoms with Crippen LogP contribution in [0.5, 0.6) is 0 Å². The largest absolute Gasteiger partial charge is 0.471 e. The molecule has 0 aromatic rings. The zero-order valence-corrected chi connectivity index (χ0v) is 24.2. The molecule has 3 aliphatic heterocycles. The van der Waals surface area contributed by atoms with Gasteiger partial charge in [0.05, 0.1) is 12.0 Å². The predicted molar refractivity (Wildman–Crippen MR) is 136 cm³/mol. The van der Waals surface area contributed by atoms with Crippen molar-refractivity contribution in [1.29, 1.82) is 0 Å². The summed E-state index contributed by atoms with van der Waals surface area (Å²) < 4.78 is 107. The summed E-state index contributed by atoms with van der Waals surface area (Å²) in [6.07, 6.45) is -5.38. The maximum absolute atomic E-state index is 15.1. The third-order valence-corrected chi connectivity index (χ3v) is 8.66. The first-order valence-corrected chi connectivity index (χ1v) is 15.2. The summed E-state index contributed by atoms with van der Waals surface area (Å²) in [6, 6.07) is -6.56. The normalized spacial score (nSPS) is 27.7. The second kappa shape index (κ2) is 11.7. The van der Waals surface area contributed by atoms with E-state index >= 15 is 8.78 Å². The summed E-state index contributed by atoms with van der Waals surface area (Å²) in [4.78, 5) is 52.0.